The van der Waals surface area contributed by atoms with Crippen molar-refractivity contribution in [2.75, 3.05) is 19.6 Å². The van der Waals surface area contributed by atoms with Gasteiger partial charge in [-0.25, -0.2) is 4.79 Å². The second-order valence-electron chi connectivity index (χ2n) is 9.43. The molecule has 2 N–H and O–H groups in total. The molecule has 0 aromatic heterocycles. The molecule has 3 amide bonds. The van der Waals surface area contributed by atoms with Crippen molar-refractivity contribution in [3.63, 3.8) is 0 Å². The van der Waals surface area contributed by atoms with Crippen LogP contribution in [0.5, 0.6) is 0 Å². The lowest BCUT2D eigenvalue weighted by atomic mass is 9.83. The van der Waals surface area contributed by atoms with E-state index in [2.05, 4.69) is 5.32 Å². The average Bonchev–Trinajstić information content (AvgIpc) is 2.97. The normalized spacial score (nSPS) is 27.2. The first kappa shape index (κ1) is 20.9. The molecule has 3 unspecified atom stereocenters. The van der Waals surface area contributed by atoms with Crippen LogP contribution in [0.15, 0.2) is 0 Å². The molecule has 3 rings (SSSR count). The number of carbonyl (C=O) groups excluding carboxylic acids is 3. The molecule has 3 atom stereocenters. The fraction of sp³-hybridized carbons (Fsp3) is 0.850. The molecule has 8 heteroatoms. The molecular weight excluding hydrogens is 362 g/mol. The lowest BCUT2D eigenvalue weighted by molar-refractivity contribution is -0.171. The quantitative estimate of drug-likeness (QED) is 0.683. The largest absolute Gasteiger partial charge is 0.444 e. The van der Waals surface area contributed by atoms with E-state index in [1.54, 1.807) is 20.8 Å². The van der Waals surface area contributed by atoms with Gasteiger partial charge in [0.25, 0.3) is 5.91 Å². The van der Waals surface area contributed by atoms with Crippen LogP contribution in [0.3, 0.4) is 0 Å². The van der Waals surface area contributed by atoms with Gasteiger partial charge in [-0.1, -0.05) is 6.42 Å². The minimum Gasteiger partial charge on any atom is -0.444 e. The molecule has 0 radical (unpaired) electrons. The Morgan fingerprint density at radius 2 is 2.00 bits per heavy atom. The first-order valence-electron chi connectivity index (χ1n) is 10.3. The number of β-lactam (4-membered cyclic amide) rings is 1. The fourth-order valence-electron chi connectivity index (χ4n) is 4.34. The predicted octanol–water partition coefficient (Wildman–Crippen LogP) is 1.26. The highest BCUT2D eigenvalue weighted by atomic mass is 16.6. The number of ether oxygens (including phenoxy) is 1. The van der Waals surface area contributed by atoms with Gasteiger partial charge in [0.2, 0.25) is 5.91 Å². The van der Waals surface area contributed by atoms with Crippen LogP contribution in [0.4, 0.5) is 4.79 Å². The van der Waals surface area contributed by atoms with E-state index in [0.29, 0.717) is 31.8 Å². The lowest BCUT2D eigenvalue weighted by Gasteiger charge is -2.53. The molecule has 2 aliphatic heterocycles. The number of amides is 3. The Labute approximate surface area is 166 Å². The van der Waals surface area contributed by atoms with Gasteiger partial charge >= 0.3 is 6.09 Å². The summed E-state index contributed by atoms with van der Waals surface area (Å²) in [5, 5.41) is 13.1. The van der Waals surface area contributed by atoms with Gasteiger partial charge in [-0.3, -0.25) is 14.5 Å². The van der Waals surface area contributed by atoms with E-state index in [9.17, 15) is 19.5 Å². The van der Waals surface area contributed by atoms with Crippen LogP contribution in [0.2, 0.25) is 0 Å². The number of likely N-dealkylation sites (tertiary alicyclic amines) is 2. The van der Waals surface area contributed by atoms with Crippen molar-refractivity contribution in [2.45, 2.75) is 83.1 Å². The molecule has 0 aromatic carbocycles. The Morgan fingerprint density at radius 1 is 1.32 bits per heavy atom. The highest BCUT2D eigenvalue weighted by Crippen LogP contribution is 2.41. The molecular formula is C20H33N3O5. The Balaban J connectivity index is 1.66. The number of aliphatic hydroxyl groups is 1. The van der Waals surface area contributed by atoms with Gasteiger partial charge in [-0.2, -0.15) is 0 Å². The summed E-state index contributed by atoms with van der Waals surface area (Å²) >= 11 is 0. The zero-order valence-electron chi connectivity index (χ0n) is 17.4. The third-order valence-electron chi connectivity index (χ3n) is 6.04. The molecule has 28 heavy (non-hydrogen) atoms. The highest BCUT2D eigenvalue weighted by molar-refractivity contribution is 5.99. The van der Waals surface area contributed by atoms with Crippen LogP contribution >= 0.6 is 0 Å². The van der Waals surface area contributed by atoms with Crippen LogP contribution in [-0.2, 0) is 14.3 Å². The van der Waals surface area contributed by atoms with Crippen molar-refractivity contribution in [3.05, 3.63) is 0 Å². The van der Waals surface area contributed by atoms with E-state index in [0.717, 1.165) is 12.8 Å². The SMILES string of the molecule is CC(O)C(C(=O)NCC1CCC1)N1CC2(CCCN2C(=O)OC(C)(C)C)C1=O. The van der Waals surface area contributed by atoms with E-state index >= 15 is 0 Å². The molecule has 158 valence electrons. The van der Waals surface area contributed by atoms with Gasteiger partial charge < -0.3 is 20.1 Å². The summed E-state index contributed by atoms with van der Waals surface area (Å²) in [7, 11) is 0. The molecule has 0 aromatic rings. The highest BCUT2D eigenvalue weighted by Gasteiger charge is 2.63. The molecule has 0 bridgehead atoms. The molecule has 8 nitrogen and oxygen atoms in total. The maximum atomic E-state index is 13.1. The van der Waals surface area contributed by atoms with Crippen LogP contribution in [0.1, 0.15) is 59.8 Å². The van der Waals surface area contributed by atoms with Gasteiger partial charge in [0.1, 0.15) is 17.2 Å². The number of nitrogens with one attached hydrogen (secondary N) is 1. The Bertz CT molecular complexity index is 640. The third kappa shape index (κ3) is 3.83. The van der Waals surface area contributed by atoms with Gasteiger partial charge in [-0.15, -0.1) is 0 Å². The van der Waals surface area contributed by atoms with E-state index in [1.807, 2.05) is 0 Å². The van der Waals surface area contributed by atoms with Gasteiger partial charge in [0.15, 0.2) is 0 Å². The number of rotatable bonds is 5. The van der Waals surface area contributed by atoms with Crippen molar-refractivity contribution < 1.29 is 24.2 Å². The van der Waals surface area contributed by atoms with Gasteiger partial charge in [0.05, 0.1) is 12.6 Å². The third-order valence-corrected chi connectivity index (χ3v) is 6.04. The van der Waals surface area contributed by atoms with Crippen molar-refractivity contribution in [3.8, 4) is 0 Å². The molecule has 1 aliphatic carbocycles. The summed E-state index contributed by atoms with van der Waals surface area (Å²) < 4.78 is 5.46. The summed E-state index contributed by atoms with van der Waals surface area (Å²) in [6.45, 7) is 8.18. The van der Waals surface area contributed by atoms with Crippen molar-refractivity contribution in [1.29, 1.82) is 0 Å². The minimum absolute atomic E-state index is 0.248. The number of hydrogen-bond donors (Lipinski definition) is 2. The van der Waals surface area contributed by atoms with Crippen LogP contribution in [-0.4, -0.2) is 75.7 Å². The zero-order valence-corrected chi connectivity index (χ0v) is 17.4. The molecule has 1 spiro atoms. The molecule has 2 heterocycles. The number of hydrogen-bond acceptors (Lipinski definition) is 5. The second-order valence-corrected chi connectivity index (χ2v) is 9.43. The summed E-state index contributed by atoms with van der Waals surface area (Å²) in [5.74, 6) is -0.109. The summed E-state index contributed by atoms with van der Waals surface area (Å²) in [5.41, 5.74) is -1.58. The molecule has 3 fully saturated rings. The average molecular weight is 396 g/mol. The van der Waals surface area contributed by atoms with Gasteiger partial charge in [0, 0.05) is 13.1 Å². The monoisotopic (exact) mass is 395 g/mol. The minimum atomic E-state index is -0.987. The fourth-order valence-corrected chi connectivity index (χ4v) is 4.34. The maximum absolute atomic E-state index is 13.1. The summed E-state index contributed by atoms with van der Waals surface area (Å²) in [6.07, 6.45) is 3.18. The second kappa shape index (κ2) is 7.54. The van der Waals surface area contributed by atoms with E-state index in [1.165, 1.54) is 23.1 Å². The first-order valence-corrected chi connectivity index (χ1v) is 10.3. The lowest BCUT2D eigenvalue weighted by Crippen LogP contribution is -2.77. The number of carbonyl (C=O) groups is 3. The Kier molecular flexibility index (Phi) is 5.62. The zero-order chi connectivity index (χ0) is 20.7. The van der Waals surface area contributed by atoms with Crippen LogP contribution in [0, 0.1) is 5.92 Å². The number of aliphatic hydroxyl groups excluding tert-OH is 1. The van der Waals surface area contributed by atoms with E-state index < -0.39 is 29.4 Å². The molecule has 2 saturated heterocycles. The number of nitrogens with zero attached hydrogens (tertiary/aromatic N) is 2. The molecule has 1 saturated carbocycles. The standard InChI is InChI=1S/C20H33N3O5/c1-13(24)15(16(25)21-11-14-7-5-8-14)22-12-20(17(22)26)9-6-10-23(20)18(27)28-19(2,3)4/h13-15,24H,5-12H2,1-4H3,(H,21,25). The first-order chi connectivity index (χ1) is 13.0. The van der Waals surface area contributed by atoms with Crippen molar-refractivity contribution in [2.24, 2.45) is 5.92 Å². The molecule has 3 aliphatic rings. The van der Waals surface area contributed by atoms with E-state index in [-0.39, 0.29) is 18.4 Å². The summed E-state index contributed by atoms with van der Waals surface area (Å²) in [4.78, 5) is 41.2. The van der Waals surface area contributed by atoms with Crippen LogP contribution in [0.25, 0.3) is 0 Å². The topological polar surface area (TPSA) is 99.2 Å². The maximum Gasteiger partial charge on any atom is 0.411 e. The Morgan fingerprint density at radius 3 is 2.50 bits per heavy atom. The van der Waals surface area contributed by atoms with Gasteiger partial charge in [-0.05, 0) is 59.3 Å². The van der Waals surface area contributed by atoms with Crippen molar-refractivity contribution in [1.82, 2.24) is 15.1 Å². The van der Waals surface area contributed by atoms with E-state index in [4.69, 9.17) is 4.74 Å². The van der Waals surface area contributed by atoms with Crippen molar-refractivity contribution >= 4 is 17.9 Å². The Hall–Kier alpha value is -1.83. The van der Waals surface area contributed by atoms with Crippen LogP contribution < -0.4 is 5.32 Å². The smallest absolute Gasteiger partial charge is 0.411 e. The predicted molar refractivity (Wildman–Crippen MR) is 102 cm³/mol. The summed E-state index contributed by atoms with van der Waals surface area (Å²) in [6, 6.07) is -0.931.